The number of pyridine rings is 1. The number of rotatable bonds is 5. The molecule has 1 aliphatic heterocycles. The molecule has 1 saturated heterocycles. The first-order valence-corrected chi connectivity index (χ1v) is 9.04. The number of likely N-dealkylation sites (tertiary alicyclic amines) is 1. The highest BCUT2D eigenvalue weighted by atomic mass is 16.4. The molecular weight excluding hydrogens is 312 g/mol. The lowest BCUT2D eigenvalue weighted by atomic mass is 9.92. The third kappa shape index (κ3) is 4.07. The maximum Gasteiger partial charge on any atom is 0.306 e. The minimum absolute atomic E-state index is 0.0807. The van der Waals surface area contributed by atoms with Gasteiger partial charge in [0.2, 0.25) is 0 Å². The quantitative estimate of drug-likeness (QED) is 0.892. The van der Waals surface area contributed by atoms with Gasteiger partial charge in [-0.15, -0.1) is 0 Å². The molecule has 3 rings (SSSR count). The molecule has 1 fully saturated rings. The van der Waals surface area contributed by atoms with Crippen molar-refractivity contribution >= 4 is 5.97 Å². The second kappa shape index (κ2) is 7.79. The second-order valence-electron chi connectivity index (χ2n) is 7.13. The van der Waals surface area contributed by atoms with Crippen LogP contribution in [0.25, 0.3) is 0 Å². The summed E-state index contributed by atoms with van der Waals surface area (Å²) in [4.78, 5) is 18.2. The fourth-order valence-corrected chi connectivity index (χ4v) is 3.57. The van der Waals surface area contributed by atoms with E-state index in [1.54, 1.807) is 0 Å². The molecular formula is C21H26N2O2. The highest BCUT2D eigenvalue weighted by molar-refractivity contribution is 5.70. The predicted molar refractivity (Wildman–Crippen MR) is 98.5 cm³/mol. The molecule has 1 atom stereocenters. The summed E-state index contributed by atoms with van der Waals surface area (Å²) in [6.45, 7) is 5.96. The summed E-state index contributed by atoms with van der Waals surface area (Å²) in [5.74, 6) is -0.382. The van der Waals surface area contributed by atoms with Crippen LogP contribution in [0, 0.1) is 5.92 Å². The van der Waals surface area contributed by atoms with Crippen LogP contribution in [0.15, 0.2) is 48.7 Å². The van der Waals surface area contributed by atoms with Crippen molar-refractivity contribution in [2.75, 3.05) is 13.1 Å². The Balaban J connectivity index is 1.87. The number of hydrogen-bond donors (Lipinski definition) is 1. The van der Waals surface area contributed by atoms with Crippen LogP contribution in [-0.2, 0) is 4.79 Å². The van der Waals surface area contributed by atoms with Gasteiger partial charge in [0, 0.05) is 6.20 Å². The Bertz CT molecular complexity index is 690. The molecule has 1 aliphatic rings. The van der Waals surface area contributed by atoms with E-state index in [0.717, 1.165) is 18.8 Å². The van der Waals surface area contributed by atoms with E-state index < -0.39 is 5.97 Å². The van der Waals surface area contributed by atoms with Crippen molar-refractivity contribution < 1.29 is 9.90 Å². The molecule has 0 saturated carbocycles. The average molecular weight is 338 g/mol. The highest BCUT2D eigenvalue weighted by Gasteiger charge is 2.30. The maximum atomic E-state index is 11.2. The smallest absolute Gasteiger partial charge is 0.306 e. The van der Waals surface area contributed by atoms with Gasteiger partial charge in [-0.2, -0.15) is 0 Å². The van der Waals surface area contributed by atoms with Gasteiger partial charge in [-0.25, -0.2) is 0 Å². The first kappa shape index (κ1) is 17.6. The predicted octanol–water partition coefficient (Wildman–Crippen LogP) is 4.09. The van der Waals surface area contributed by atoms with Crippen LogP contribution in [0.2, 0.25) is 0 Å². The van der Waals surface area contributed by atoms with E-state index in [0.29, 0.717) is 18.8 Å². The van der Waals surface area contributed by atoms with E-state index in [2.05, 4.69) is 54.1 Å². The fraction of sp³-hybridized carbons (Fsp3) is 0.429. The second-order valence-corrected chi connectivity index (χ2v) is 7.13. The van der Waals surface area contributed by atoms with Crippen molar-refractivity contribution in [2.45, 2.75) is 38.6 Å². The first-order chi connectivity index (χ1) is 12.1. The lowest BCUT2D eigenvalue weighted by Gasteiger charge is -2.36. The molecule has 0 amide bonds. The Morgan fingerprint density at radius 3 is 2.24 bits per heavy atom. The Morgan fingerprint density at radius 1 is 1.08 bits per heavy atom. The summed E-state index contributed by atoms with van der Waals surface area (Å²) < 4.78 is 0. The number of carboxylic acids is 1. The van der Waals surface area contributed by atoms with Gasteiger partial charge in [-0.3, -0.25) is 14.7 Å². The number of aliphatic carboxylic acids is 1. The number of nitrogens with zero attached hydrogens (tertiary/aromatic N) is 2. The number of benzene rings is 1. The van der Waals surface area contributed by atoms with Gasteiger partial charge in [-0.1, -0.05) is 44.2 Å². The van der Waals surface area contributed by atoms with Crippen molar-refractivity contribution in [3.63, 3.8) is 0 Å². The lowest BCUT2D eigenvalue weighted by Crippen LogP contribution is -2.39. The summed E-state index contributed by atoms with van der Waals surface area (Å²) in [6.07, 6.45) is 3.22. The van der Waals surface area contributed by atoms with Gasteiger partial charge in [0.1, 0.15) is 0 Å². The molecule has 0 bridgehead atoms. The SMILES string of the molecule is CC(C)c1ccc(C(c2ccccn2)N2CCC(C(=O)O)CC2)cc1. The molecule has 2 heterocycles. The van der Waals surface area contributed by atoms with E-state index in [1.807, 2.05) is 18.3 Å². The normalized spacial score (nSPS) is 17.6. The number of piperidine rings is 1. The molecule has 4 nitrogen and oxygen atoms in total. The largest absolute Gasteiger partial charge is 0.481 e. The molecule has 1 aromatic heterocycles. The average Bonchev–Trinajstić information content (AvgIpc) is 2.64. The number of carboxylic acid groups (broad SMARTS) is 1. The maximum absolute atomic E-state index is 11.2. The van der Waals surface area contributed by atoms with E-state index in [9.17, 15) is 9.90 Å². The minimum Gasteiger partial charge on any atom is -0.481 e. The minimum atomic E-state index is -0.671. The number of carbonyl (C=O) groups is 1. The van der Waals surface area contributed by atoms with Gasteiger partial charge < -0.3 is 5.11 Å². The summed E-state index contributed by atoms with van der Waals surface area (Å²) in [5, 5.41) is 9.25. The van der Waals surface area contributed by atoms with E-state index in [-0.39, 0.29) is 12.0 Å². The molecule has 1 N–H and O–H groups in total. The molecule has 1 aromatic carbocycles. The Kier molecular flexibility index (Phi) is 5.49. The van der Waals surface area contributed by atoms with Crippen LogP contribution in [0.3, 0.4) is 0 Å². The molecule has 2 aromatic rings. The third-order valence-corrected chi connectivity index (χ3v) is 5.13. The third-order valence-electron chi connectivity index (χ3n) is 5.13. The lowest BCUT2D eigenvalue weighted by molar-refractivity contribution is -0.143. The number of aromatic nitrogens is 1. The molecule has 1 unspecified atom stereocenters. The molecule has 25 heavy (non-hydrogen) atoms. The van der Waals surface area contributed by atoms with Crippen molar-refractivity contribution in [2.24, 2.45) is 5.92 Å². The summed E-state index contributed by atoms with van der Waals surface area (Å²) in [7, 11) is 0. The monoisotopic (exact) mass is 338 g/mol. The van der Waals surface area contributed by atoms with Gasteiger partial charge >= 0.3 is 5.97 Å². The Morgan fingerprint density at radius 2 is 1.72 bits per heavy atom. The molecule has 4 heteroatoms. The summed E-state index contributed by atoms with van der Waals surface area (Å²) >= 11 is 0. The standard InChI is InChI=1S/C21H26N2O2/c1-15(2)16-6-8-17(9-7-16)20(19-5-3-4-12-22-19)23-13-10-18(11-14-23)21(24)25/h3-9,12,15,18,20H,10-11,13-14H2,1-2H3,(H,24,25). The van der Waals surface area contributed by atoms with Crippen LogP contribution in [0.5, 0.6) is 0 Å². The van der Waals surface area contributed by atoms with Gasteiger partial charge in [0.15, 0.2) is 0 Å². The van der Waals surface area contributed by atoms with E-state index in [1.165, 1.54) is 11.1 Å². The van der Waals surface area contributed by atoms with Crippen LogP contribution in [-0.4, -0.2) is 34.0 Å². The first-order valence-electron chi connectivity index (χ1n) is 9.04. The van der Waals surface area contributed by atoms with E-state index >= 15 is 0 Å². The van der Waals surface area contributed by atoms with Crippen molar-refractivity contribution in [3.05, 3.63) is 65.5 Å². The Hall–Kier alpha value is -2.20. The van der Waals surface area contributed by atoms with Crippen LogP contribution in [0.4, 0.5) is 0 Å². The molecule has 0 aliphatic carbocycles. The van der Waals surface area contributed by atoms with Gasteiger partial charge in [-0.05, 0) is 55.1 Å². The zero-order valence-electron chi connectivity index (χ0n) is 14.9. The number of hydrogen-bond acceptors (Lipinski definition) is 3. The zero-order chi connectivity index (χ0) is 17.8. The fourth-order valence-electron chi connectivity index (χ4n) is 3.57. The molecule has 0 spiro atoms. The van der Waals surface area contributed by atoms with Crippen LogP contribution in [0.1, 0.15) is 55.5 Å². The molecule has 0 radical (unpaired) electrons. The summed E-state index contributed by atoms with van der Waals surface area (Å²) in [6, 6.07) is 14.9. The van der Waals surface area contributed by atoms with Crippen molar-refractivity contribution in [3.8, 4) is 0 Å². The zero-order valence-corrected chi connectivity index (χ0v) is 14.9. The topological polar surface area (TPSA) is 53.4 Å². The van der Waals surface area contributed by atoms with Crippen LogP contribution >= 0.6 is 0 Å². The van der Waals surface area contributed by atoms with Crippen molar-refractivity contribution in [1.82, 2.24) is 9.88 Å². The summed E-state index contributed by atoms with van der Waals surface area (Å²) in [5.41, 5.74) is 3.57. The Labute approximate surface area is 149 Å². The van der Waals surface area contributed by atoms with Crippen LogP contribution < -0.4 is 0 Å². The van der Waals surface area contributed by atoms with Gasteiger partial charge in [0.05, 0.1) is 17.7 Å². The van der Waals surface area contributed by atoms with Gasteiger partial charge in [0.25, 0.3) is 0 Å². The van der Waals surface area contributed by atoms with Crippen molar-refractivity contribution in [1.29, 1.82) is 0 Å². The molecule has 132 valence electrons. The highest BCUT2D eigenvalue weighted by Crippen LogP contribution is 2.32. The van der Waals surface area contributed by atoms with E-state index in [4.69, 9.17) is 0 Å².